The second-order valence-electron chi connectivity index (χ2n) is 7.22. The van der Waals surface area contributed by atoms with Crippen molar-refractivity contribution in [3.63, 3.8) is 0 Å². The molecule has 2 heterocycles. The molecule has 0 saturated heterocycles. The van der Waals surface area contributed by atoms with Crippen molar-refractivity contribution in [2.24, 2.45) is 0 Å². The van der Waals surface area contributed by atoms with Crippen LogP contribution in [0.2, 0.25) is 0 Å². The van der Waals surface area contributed by atoms with Gasteiger partial charge in [-0.2, -0.15) is 5.10 Å². The number of hydrogen-bond acceptors (Lipinski definition) is 3. The maximum atomic E-state index is 13.3. The predicted molar refractivity (Wildman–Crippen MR) is 104 cm³/mol. The third kappa shape index (κ3) is 3.01. The molecule has 6 heteroatoms. The van der Waals surface area contributed by atoms with Gasteiger partial charge in [0.2, 0.25) is 5.91 Å². The summed E-state index contributed by atoms with van der Waals surface area (Å²) in [5, 5.41) is 7.35. The van der Waals surface area contributed by atoms with Crippen molar-refractivity contribution in [3.8, 4) is 5.69 Å². The summed E-state index contributed by atoms with van der Waals surface area (Å²) < 4.78 is 14.8. The van der Waals surface area contributed by atoms with Crippen molar-refractivity contribution in [2.75, 3.05) is 5.32 Å². The molecule has 1 N–H and O–H groups in total. The number of aromatic nitrogens is 2. The number of nitrogens with one attached hydrogen (secondary N) is 1. The molecule has 1 aliphatic heterocycles. The predicted octanol–water partition coefficient (Wildman–Crippen LogP) is 4.25. The van der Waals surface area contributed by atoms with Crippen LogP contribution in [-0.4, -0.2) is 21.5 Å². The summed E-state index contributed by atoms with van der Waals surface area (Å²) in [6, 6.07) is 11.5. The van der Waals surface area contributed by atoms with E-state index in [-0.39, 0.29) is 23.9 Å². The molecule has 2 aromatic carbocycles. The number of halogens is 1. The van der Waals surface area contributed by atoms with E-state index in [1.807, 2.05) is 39.0 Å². The first-order valence-electron chi connectivity index (χ1n) is 9.12. The maximum Gasteiger partial charge on any atom is 0.226 e. The van der Waals surface area contributed by atoms with Crippen molar-refractivity contribution in [1.29, 1.82) is 0 Å². The Bertz CT molecular complexity index is 1100. The van der Waals surface area contributed by atoms with Crippen molar-refractivity contribution >= 4 is 17.5 Å². The Labute approximate surface area is 162 Å². The van der Waals surface area contributed by atoms with Gasteiger partial charge in [0, 0.05) is 17.5 Å². The van der Waals surface area contributed by atoms with Gasteiger partial charge < -0.3 is 5.32 Å². The van der Waals surface area contributed by atoms with Crippen LogP contribution < -0.4 is 5.32 Å². The van der Waals surface area contributed by atoms with Crippen molar-refractivity contribution < 1.29 is 14.0 Å². The number of ketones is 1. The number of amides is 1. The van der Waals surface area contributed by atoms with Gasteiger partial charge in [0.15, 0.2) is 5.78 Å². The number of hydrogen-bond donors (Lipinski definition) is 1. The molecule has 1 atom stereocenters. The molecular formula is C22H20FN3O2. The number of aryl methyl sites for hydroxylation is 3. The van der Waals surface area contributed by atoms with Crippen LogP contribution in [0.4, 0.5) is 10.2 Å². The molecule has 1 amide bonds. The van der Waals surface area contributed by atoms with Crippen molar-refractivity contribution in [2.45, 2.75) is 33.1 Å². The molecule has 0 saturated carbocycles. The topological polar surface area (TPSA) is 64.0 Å². The maximum absolute atomic E-state index is 13.3. The minimum Gasteiger partial charge on any atom is -0.310 e. The molecule has 1 aromatic heterocycles. The first kappa shape index (κ1) is 18.1. The highest BCUT2D eigenvalue weighted by Crippen LogP contribution is 2.38. The monoisotopic (exact) mass is 377 g/mol. The van der Waals surface area contributed by atoms with E-state index in [2.05, 4.69) is 10.4 Å². The zero-order valence-corrected chi connectivity index (χ0v) is 15.9. The number of fused-ring (bicyclic) bond motifs is 1. The van der Waals surface area contributed by atoms with Gasteiger partial charge in [-0.15, -0.1) is 0 Å². The fourth-order valence-electron chi connectivity index (χ4n) is 3.82. The Morgan fingerprint density at radius 1 is 1.14 bits per heavy atom. The van der Waals surface area contributed by atoms with E-state index in [1.54, 1.807) is 16.8 Å². The Hall–Kier alpha value is -3.28. The lowest BCUT2D eigenvalue weighted by Gasteiger charge is -2.23. The van der Waals surface area contributed by atoms with E-state index in [1.165, 1.54) is 12.1 Å². The summed E-state index contributed by atoms with van der Waals surface area (Å²) in [4.78, 5) is 25.7. The standard InChI is InChI=1S/C22H20FN3O2/c1-12-4-9-17(13(2)10-12)21(28)18-11-19(27)24-22-20(18)14(3)25-26(22)16-7-5-15(23)6-8-16/h4-10,18H,11H2,1-3H3,(H,24,27). The molecule has 5 nitrogen and oxygen atoms in total. The zero-order valence-electron chi connectivity index (χ0n) is 15.9. The van der Waals surface area contributed by atoms with Gasteiger partial charge in [-0.25, -0.2) is 9.07 Å². The summed E-state index contributed by atoms with van der Waals surface area (Å²) in [7, 11) is 0. The summed E-state index contributed by atoms with van der Waals surface area (Å²) >= 11 is 0. The normalized spacial score (nSPS) is 15.9. The average molecular weight is 377 g/mol. The van der Waals surface area contributed by atoms with Gasteiger partial charge in [0.25, 0.3) is 0 Å². The van der Waals surface area contributed by atoms with Crippen LogP contribution >= 0.6 is 0 Å². The van der Waals surface area contributed by atoms with Crippen LogP contribution in [0.25, 0.3) is 5.69 Å². The Balaban J connectivity index is 1.82. The molecule has 0 spiro atoms. The minimum absolute atomic E-state index is 0.0785. The first-order valence-corrected chi connectivity index (χ1v) is 9.12. The number of anilines is 1. The highest BCUT2D eigenvalue weighted by atomic mass is 19.1. The zero-order chi connectivity index (χ0) is 20.0. The second kappa shape index (κ2) is 6.71. The summed E-state index contributed by atoms with van der Waals surface area (Å²) in [6.45, 7) is 5.70. The molecule has 28 heavy (non-hydrogen) atoms. The Morgan fingerprint density at radius 2 is 1.86 bits per heavy atom. The van der Waals surface area contributed by atoms with E-state index >= 15 is 0 Å². The smallest absolute Gasteiger partial charge is 0.226 e. The second-order valence-corrected chi connectivity index (χ2v) is 7.22. The van der Waals surface area contributed by atoms with Crippen LogP contribution in [0, 0.1) is 26.6 Å². The fraction of sp³-hybridized carbons (Fsp3) is 0.227. The largest absolute Gasteiger partial charge is 0.310 e. The summed E-state index contributed by atoms with van der Waals surface area (Å²) in [6.07, 6.45) is 0.0785. The Kier molecular flexibility index (Phi) is 4.34. The van der Waals surface area contributed by atoms with Crippen molar-refractivity contribution in [1.82, 2.24) is 9.78 Å². The van der Waals surface area contributed by atoms with Crippen LogP contribution in [0.5, 0.6) is 0 Å². The van der Waals surface area contributed by atoms with Crippen LogP contribution in [0.1, 0.15) is 45.1 Å². The van der Waals surface area contributed by atoms with Gasteiger partial charge in [-0.05, 0) is 50.6 Å². The number of carbonyl (C=O) groups excluding carboxylic acids is 2. The summed E-state index contributed by atoms with van der Waals surface area (Å²) in [5.41, 5.74) is 4.59. The lowest BCUT2D eigenvalue weighted by Crippen LogP contribution is -2.28. The highest BCUT2D eigenvalue weighted by molar-refractivity contribution is 6.08. The van der Waals surface area contributed by atoms with Crippen LogP contribution in [0.3, 0.4) is 0 Å². The molecule has 0 bridgehead atoms. The molecule has 0 radical (unpaired) electrons. The molecule has 142 valence electrons. The quantitative estimate of drug-likeness (QED) is 0.694. The molecule has 1 aliphatic rings. The van der Waals surface area contributed by atoms with Crippen molar-refractivity contribution in [3.05, 3.63) is 76.2 Å². The van der Waals surface area contributed by atoms with Gasteiger partial charge in [0.1, 0.15) is 11.6 Å². The third-order valence-electron chi connectivity index (χ3n) is 5.14. The third-order valence-corrected chi connectivity index (χ3v) is 5.14. The fourth-order valence-corrected chi connectivity index (χ4v) is 3.82. The number of Topliss-reactive ketones (excluding diaryl/α,β-unsaturated/α-hetero) is 1. The lowest BCUT2D eigenvalue weighted by atomic mass is 9.84. The number of rotatable bonds is 3. The van der Waals surface area contributed by atoms with E-state index in [4.69, 9.17) is 0 Å². The lowest BCUT2D eigenvalue weighted by molar-refractivity contribution is -0.116. The average Bonchev–Trinajstić information content (AvgIpc) is 2.97. The molecular weight excluding hydrogens is 357 g/mol. The number of carbonyl (C=O) groups is 2. The molecule has 0 aliphatic carbocycles. The molecule has 1 unspecified atom stereocenters. The van der Waals surface area contributed by atoms with Gasteiger partial charge >= 0.3 is 0 Å². The SMILES string of the molecule is Cc1ccc(C(=O)C2CC(=O)Nc3c2c(C)nn3-c2ccc(F)cc2)c(C)c1. The molecule has 4 rings (SSSR count). The highest BCUT2D eigenvalue weighted by Gasteiger charge is 2.36. The molecule has 3 aromatic rings. The van der Waals surface area contributed by atoms with Gasteiger partial charge in [0.05, 0.1) is 17.3 Å². The van der Waals surface area contributed by atoms with Crippen LogP contribution in [-0.2, 0) is 4.79 Å². The van der Waals surface area contributed by atoms with E-state index in [9.17, 15) is 14.0 Å². The van der Waals surface area contributed by atoms with E-state index in [0.29, 0.717) is 28.3 Å². The minimum atomic E-state index is -0.598. The van der Waals surface area contributed by atoms with Gasteiger partial charge in [-0.1, -0.05) is 23.8 Å². The van der Waals surface area contributed by atoms with Crippen LogP contribution in [0.15, 0.2) is 42.5 Å². The van der Waals surface area contributed by atoms with Gasteiger partial charge in [-0.3, -0.25) is 9.59 Å². The summed E-state index contributed by atoms with van der Waals surface area (Å²) in [5.74, 6) is -0.800. The van der Waals surface area contributed by atoms with E-state index in [0.717, 1.165) is 11.1 Å². The molecule has 0 fully saturated rings. The van der Waals surface area contributed by atoms with E-state index < -0.39 is 5.92 Å². The first-order chi connectivity index (χ1) is 13.3. The number of benzene rings is 2. The Morgan fingerprint density at radius 3 is 2.54 bits per heavy atom. The number of nitrogens with zero attached hydrogens (tertiary/aromatic N) is 2.